The molecule has 0 spiro atoms. The fourth-order valence-electron chi connectivity index (χ4n) is 3.75. The Balaban J connectivity index is 1.75. The van der Waals surface area contributed by atoms with E-state index in [4.69, 9.17) is 4.98 Å². The Morgan fingerprint density at radius 3 is 2.95 bits per heavy atom. The number of piperidine rings is 1. The van der Waals surface area contributed by atoms with Crippen LogP contribution in [0.3, 0.4) is 0 Å². The number of nitrogens with zero attached hydrogens (tertiary/aromatic N) is 3. The SMILES string of the molecule is CN1CCC(N2CCCc3c[nH]c4ccnc2c34)CC1. The van der Waals surface area contributed by atoms with Crippen LogP contribution in [0.15, 0.2) is 18.5 Å². The zero-order valence-electron chi connectivity index (χ0n) is 12.1. The van der Waals surface area contributed by atoms with E-state index in [9.17, 15) is 0 Å². The Morgan fingerprint density at radius 1 is 1.25 bits per heavy atom. The van der Waals surface area contributed by atoms with Gasteiger partial charge in [0.15, 0.2) is 0 Å². The summed E-state index contributed by atoms with van der Waals surface area (Å²) in [5.41, 5.74) is 2.68. The fraction of sp³-hybridized carbons (Fsp3) is 0.562. The molecule has 0 saturated carbocycles. The lowest BCUT2D eigenvalue weighted by atomic mass is 10.0. The number of H-pyrrole nitrogens is 1. The summed E-state index contributed by atoms with van der Waals surface area (Å²) in [6, 6.07) is 2.76. The van der Waals surface area contributed by atoms with Crippen LogP contribution in [0.5, 0.6) is 0 Å². The van der Waals surface area contributed by atoms with Crippen LogP contribution in [0.2, 0.25) is 0 Å². The molecule has 4 heteroatoms. The van der Waals surface area contributed by atoms with Gasteiger partial charge in [-0.2, -0.15) is 0 Å². The number of aromatic amines is 1. The van der Waals surface area contributed by atoms with E-state index in [2.05, 4.69) is 34.1 Å². The summed E-state index contributed by atoms with van der Waals surface area (Å²) in [6.45, 7) is 3.56. The molecule has 0 atom stereocenters. The third-order valence-corrected chi connectivity index (χ3v) is 4.90. The first kappa shape index (κ1) is 12.2. The van der Waals surface area contributed by atoms with Crippen LogP contribution in [-0.2, 0) is 6.42 Å². The molecule has 1 saturated heterocycles. The van der Waals surface area contributed by atoms with Gasteiger partial charge in [0.2, 0.25) is 0 Å². The standard InChI is InChI=1S/C16H22N4/c1-19-9-5-13(6-10-19)20-8-2-3-12-11-18-14-4-7-17-16(20)15(12)14/h4,7,11,13,18H,2-3,5-6,8-10H2,1H3. The second kappa shape index (κ2) is 4.77. The van der Waals surface area contributed by atoms with Gasteiger partial charge < -0.3 is 14.8 Å². The van der Waals surface area contributed by atoms with Crippen LogP contribution >= 0.6 is 0 Å². The van der Waals surface area contributed by atoms with E-state index in [-0.39, 0.29) is 0 Å². The number of anilines is 1. The van der Waals surface area contributed by atoms with E-state index in [0.717, 1.165) is 6.54 Å². The zero-order chi connectivity index (χ0) is 13.5. The maximum absolute atomic E-state index is 4.74. The van der Waals surface area contributed by atoms with E-state index in [1.54, 1.807) is 0 Å². The molecule has 2 aliphatic rings. The topological polar surface area (TPSA) is 35.2 Å². The summed E-state index contributed by atoms with van der Waals surface area (Å²) in [7, 11) is 2.22. The summed E-state index contributed by atoms with van der Waals surface area (Å²) in [5.74, 6) is 1.21. The Kier molecular flexibility index (Phi) is 2.91. The minimum atomic E-state index is 0.658. The van der Waals surface area contributed by atoms with Gasteiger partial charge in [-0.05, 0) is 57.5 Å². The summed E-state index contributed by atoms with van der Waals surface area (Å²) >= 11 is 0. The molecule has 1 fully saturated rings. The number of aromatic nitrogens is 2. The Hall–Kier alpha value is -1.55. The first-order chi connectivity index (χ1) is 9.83. The third kappa shape index (κ3) is 1.90. The predicted molar refractivity (Wildman–Crippen MR) is 82.3 cm³/mol. The highest BCUT2D eigenvalue weighted by Crippen LogP contribution is 2.34. The van der Waals surface area contributed by atoms with Gasteiger partial charge in [-0.25, -0.2) is 4.98 Å². The Labute approximate surface area is 119 Å². The Morgan fingerprint density at radius 2 is 2.10 bits per heavy atom. The van der Waals surface area contributed by atoms with Crippen molar-refractivity contribution >= 4 is 16.7 Å². The molecule has 1 N–H and O–H groups in total. The number of hydrogen-bond acceptors (Lipinski definition) is 3. The van der Waals surface area contributed by atoms with Gasteiger partial charge in [-0.15, -0.1) is 0 Å². The minimum Gasteiger partial charge on any atom is -0.361 e. The average Bonchev–Trinajstić information content (AvgIpc) is 2.78. The van der Waals surface area contributed by atoms with Crippen LogP contribution in [0.1, 0.15) is 24.8 Å². The molecular weight excluding hydrogens is 248 g/mol. The summed E-state index contributed by atoms with van der Waals surface area (Å²) in [5, 5.41) is 1.36. The number of pyridine rings is 1. The molecule has 0 bridgehead atoms. The van der Waals surface area contributed by atoms with E-state index >= 15 is 0 Å². The summed E-state index contributed by atoms with van der Waals surface area (Å²) in [6.07, 6.45) is 9.04. The van der Waals surface area contributed by atoms with Crippen molar-refractivity contribution in [3.8, 4) is 0 Å². The molecule has 0 radical (unpaired) electrons. The Bertz CT molecular complexity index is 610. The number of rotatable bonds is 1. The average molecular weight is 270 g/mol. The van der Waals surface area contributed by atoms with Gasteiger partial charge in [0, 0.05) is 30.4 Å². The molecule has 0 aliphatic carbocycles. The molecule has 2 aromatic rings. The third-order valence-electron chi connectivity index (χ3n) is 4.90. The monoisotopic (exact) mass is 270 g/mol. The summed E-state index contributed by atoms with van der Waals surface area (Å²) in [4.78, 5) is 13.2. The quantitative estimate of drug-likeness (QED) is 0.864. The smallest absolute Gasteiger partial charge is 0.138 e. The first-order valence-corrected chi connectivity index (χ1v) is 7.73. The minimum absolute atomic E-state index is 0.658. The highest BCUT2D eigenvalue weighted by Gasteiger charge is 2.27. The molecule has 20 heavy (non-hydrogen) atoms. The van der Waals surface area contributed by atoms with E-state index in [0.29, 0.717) is 6.04 Å². The number of aryl methyl sites for hydroxylation is 1. The van der Waals surface area contributed by atoms with E-state index in [1.165, 1.54) is 61.1 Å². The molecular formula is C16H22N4. The lowest BCUT2D eigenvalue weighted by Crippen LogP contribution is -2.44. The predicted octanol–water partition coefficient (Wildman–Crippen LogP) is 2.41. The van der Waals surface area contributed by atoms with Gasteiger partial charge >= 0.3 is 0 Å². The fourth-order valence-corrected chi connectivity index (χ4v) is 3.75. The lowest BCUT2D eigenvalue weighted by molar-refractivity contribution is 0.249. The van der Waals surface area contributed by atoms with Gasteiger partial charge in [0.05, 0.1) is 5.52 Å². The number of hydrogen-bond donors (Lipinski definition) is 1. The second-order valence-electron chi connectivity index (χ2n) is 6.20. The van der Waals surface area contributed by atoms with Crippen molar-refractivity contribution in [2.45, 2.75) is 31.7 Å². The van der Waals surface area contributed by atoms with Crippen LogP contribution in [-0.4, -0.2) is 47.6 Å². The van der Waals surface area contributed by atoms with Crippen molar-refractivity contribution in [1.29, 1.82) is 0 Å². The summed E-state index contributed by atoms with van der Waals surface area (Å²) < 4.78 is 0. The van der Waals surface area contributed by atoms with Crippen LogP contribution in [0.4, 0.5) is 5.82 Å². The molecule has 4 nitrogen and oxygen atoms in total. The molecule has 4 heterocycles. The van der Waals surface area contributed by atoms with E-state index < -0.39 is 0 Å². The van der Waals surface area contributed by atoms with Gasteiger partial charge in [-0.1, -0.05) is 0 Å². The highest BCUT2D eigenvalue weighted by atomic mass is 15.2. The molecule has 0 unspecified atom stereocenters. The van der Waals surface area contributed by atoms with Crippen LogP contribution in [0, 0.1) is 0 Å². The normalized spacial score (nSPS) is 21.4. The van der Waals surface area contributed by atoms with Crippen molar-refractivity contribution in [2.75, 3.05) is 31.6 Å². The van der Waals surface area contributed by atoms with Gasteiger partial charge in [0.1, 0.15) is 5.82 Å². The van der Waals surface area contributed by atoms with Crippen molar-refractivity contribution in [2.24, 2.45) is 0 Å². The number of nitrogens with one attached hydrogen (secondary N) is 1. The van der Waals surface area contributed by atoms with Gasteiger partial charge in [-0.3, -0.25) is 0 Å². The second-order valence-corrected chi connectivity index (χ2v) is 6.20. The van der Waals surface area contributed by atoms with Crippen LogP contribution < -0.4 is 4.90 Å². The number of likely N-dealkylation sites (tertiary alicyclic amines) is 1. The van der Waals surface area contributed by atoms with Crippen molar-refractivity contribution < 1.29 is 0 Å². The van der Waals surface area contributed by atoms with Crippen molar-refractivity contribution in [1.82, 2.24) is 14.9 Å². The molecule has 2 aromatic heterocycles. The van der Waals surface area contributed by atoms with Crippen LogP contribution in [0.25, 0.3) is 10.9 Å². The maximum atomic E-state index is 4.74. The molecule has 4 rings (SSSR count). The van der Waals surface area contributed by atoms with E-state index in [1.807, 2.05) is 6.20 Å². The largest absolute Gasteiger partial charge is 0.361 e. The molecule has 2 aliphatic heterocycles. The molecule has 0 amide bonds. The highest BCUT2D eigenvalue weighted by molar-refractivity contribution is 5.93. The first-order valence-electron chi connectivity index (χ1n) is 7.73. The molecule has 106 valence electrons. The lowest BCUT2D eigenvalue weighted by Gasteiger charge is -2.38. The van der Waals surface area contributed by atoms with Crippen molar-refractivity contribution in [3.05, 3.63) is 24.0 Å². The van der Waals surface area contributed by atoms with Crippen molar-refractivity contribution in [3.63, 3.8) is 0 Å². The van der Waals surface area contributed by atoms with Gasteiger partial charge in [0.25, 0.3) is 0 Å². The molecule has 0 aromatic carbocycles. The zero-order valence-corrected chi connectivity index (χ0v) is 12.1. The maximum Gasteiger partial charge on any atom is 0.138 e.